The Balaban J connectivity index is 2.23. The number of nitrogens with zero attached hydrogens (tertiary/aromatic N) is 1. The largest absolute Gasteiger partial charge is 0.497 e. The lowest BCUT2D eigenvalue weighted by Crippen LogP contribution is -2.45. The third kappa shape index (κ3) is 1.50. The maximum absolute atomic E-state index is 5.90. The number of anilines is 2. The summed E-state index contributed by atoms with van der Waals surface area (Å²) in [6.07, 6.45) is 0. The molecule has 1 heterocycles. The van der Waals surface area contributed by atoms with Crippen molar-refractivity contribution in [2.45, 2.75) is 6.92 Å². The molecule has 14 heavy (non-hydrogen) atoms. The molecule has 3 heteroatoms. The highest BCUT2D eigenvalue weighted by Gasteiger charge is 2.24. The Bertz CT molecular complexity index is 332. The Hall–Kier alpha value is -1.38. The van der Waals surface area contributed by atoms with E-state index in [2.05, 4.69) is 11.8 Å². The van der Waals surface area contributed by atoms with Crippen LogP contribution in [-0.4, -0.2) is 20.2 Å². The van der Waals surface area contributed by atoms with Gasteiger partial charge in [0.15, 0.2) is 0 Å². The van der Waals surface area contributed by atoms with Crippen LogP contribution < -0.4 is 15.4 Å². The van der Waals surface area contributed by atoms with Gasteiger partial charge in [-0.25, -0.2) is 0 Å². The number of methoxy groups -OCH3 is 1. The first-order valence-electron chi connectivity index (χ1n) is 4.89. The summed E-state index contributed by atoms with van der Waals surface area (Å²) in [5.74, 6) is 1.65. The minimum absolute atomic E-state index is 0.778. The van der Waals surface area contributed by atoms with Gasteiger partial charge in [-0.1, -0.05) is 6.92 Å². The number of hydrogen-bond donors (Lipinski definition) is 1. The highest BCUT2D eigenvalue weighted by molar-refractivity contribution is 5.70. The zero-order valence-electron chi connectivity index (χ0n) is 8.66. The second-order valence-electron chi connectivity index (χ2n) is 3.93. The van der Waals surface area contributed by atoms with Crippen LogP contribution in [0.2, 0.25) is 0 Å². The van der Waals surface area contributed by atoms with Crippen molar-refractivity contribution in [3.63, 3.8) is 0 Å². The van der Waals surface area contributed by atoms with Crippen molar-refractivity contribution in [1.29, 1.82) is 0 Å². The SMILES string of the molecule is COc1ccc(N)c(N2CC(C)C2)c1. The van der Waals surface area contributed by atoms with E-state index in [0.29, 0.717) is 0 Å². The van der Waals surface area contributed by atoms with E-state index in [9.17, 15) is 0 Å². The van der Waals surface area contributed by atoms with Crippen LogP contribution >= 0.6 is 0 Å². The minimum atomic E-state index is 0.778. The fraction of sp³-hybridized carbons (Fsp3) is 0.455. The fourth-order valence-corrected chi connectivity index (χ4v) is 1.82. The summed E-state index contributed by atoms with van der Waals surface area (Å²) in [4.78, 5) is 2.28. The van der Waals surface area contributed by atoms with Gasteiger partial charge in [0, 0.05) is 19.2 Å². The van der Waals surface area contributed by atoms with E-state index in [1.807, 2.05) is 18.2 Å². The van der Waals surface area contributed by atoms with Gasteiger partial charge in [0.1, 0.15) is 5.75 Å². The quantitative estimate of drug-likeness (QED) is 0.725. The number of ether oxygens (including phenoxy) is 1. The van der Waals surface area contributed by atoms with Crippen LogP contribution in [0.1, 0.15) is 6.92 Å². The van der Waals surface area contributed by atoms with Crippen molar-refractivity contribution in [3.05, 3.63) is 18.2 Å². The minimum Gasteiger partial charge on any atom is -0.497 e. The Morgan fingerprint density at radius 1 is 1.43 bits per heavy atom. The molecule has 0 atom stereocenters. The predicted octanol–water partition coefficient (Wildman–Crippen LogP) is 1.73. The molecule has 1 aromatic carbocycles. The molecular weight excluding hydrogens is 176 g/mol. The zero-order chi connectivity index (χ0) is 10.1. The second kappa shape index (κ2) is 3.40. The Labute approximate surface area is 84.5 Å². The smallest absolute Gasteiger partial charge is 0.121 e. The van der Waals surface area contributed by atoms with Crippen molar-refractivity contribution in [2.75, 3.05) is 30.8 Å². The van der Waals surface area contributed by atoms with Crippen molar-refractivity contribution in [3.8, 4) is 5.75 Å². The maximum Gasteiger partial charge on any atom is 0.121 e. The molecule has 0 saturated carbocycles. The maximum atomic E-state index is 5.90. The molecule has 0 bridgehead atoms. The average molecular weight is 192 g/mol. The van der Waals surface area contributed by atoms with Crippen LogP contribution in [0.15, 0.2) is 18.2 Å². The van der Waals surface area contributed by atoms with Crippen LogP contribution in [0, 0.1) is 5.92 Å². The Morgan fingerprint density at radius 2 is 2.14 bits per heavy atom. The molecule has 1 aromatic rings. The van der Waals surface area contributed by atoms with E-state index in [1.165, 1.54) is 0 Å². The molecule has 3 nitrogen and oxygen atoms in total. The van der Waals surface area contributed by atoms with Crippen LogP contribution in [0.3, 0.4) is 0 Å². The van der Waals surface area contributed by atoms with Gasteiger partial charge in [-0.3, -0.25) is 0 Å². The van der Waals surface area contributed by atoms with Gasteiger partial charge in [-0.2, -0.15) is 0 Å². The monoisotopic (exact) mass is 192 g/mol. The lowest BCUT2D eigenvalue weighted by molar-refractivity contribution is 0.412. The lowest BCUT2D eigenvalue weighted by atomic mass is 10.0. The van der Waals surface area contributed by atoms with Crippen LogP contribution in [-0.2, 0) is 0 Å². The van der Waals surface area contributed by atoms with Gasteiger partial charge in [-0.15, -0.1) is 0 Å². The molecule has 76 valence electrons. The number of hydrogen-bond acceptors (Lipinski definition) is 3. The topological polar surface area (TPSA) is 38.5 Å². The molecule has 0 radical (unpaired) electrons. The molecule has 0 unspecified atom stereocenters. The fourth-order valence-electron chi connectivity index (χ4n) is 1.82. The molecule has 2 rings (SSSR count). The molecule has 1 aliphatic heterocycles. The Morgan fingerprint density at radius 3 is 2.71 bits per heavy atom. The van der Waals surface area contributed by atoms with E-state index >= 15 is 0 Å². The normalized spacial score (nSPS) is 16.6. The highest BCUT2D eigenvalue weighted by atomic mass is 16.5. The summed E-state index contributed by atoms with van der Waals surface area (Å²) in [6.45, 7) is 4.43. The van der Waals surface area contributed by atoms with Crippen molar-refractivity contribution in [2.24, 2.45) is 5.92 Å². The molecule has 0 aromatic heterocycles. The molecule has 0 amide bonds. The molecular formula is C11H16N2O. The number of nitrogen functional groups attached to an aromatic ring is 1. The van der Waals surface area contributed by atoms with Crippen molar-refractivity contribution < 1.29 is 4.74 Å². The van der Waals surface area contributed by atoms with Crippen LogP contribution in [0.25, 0.3) is 0 Å². The molecule has 1 saturated heterocycles. The Kier molecular flexibility index (Phi) is 2.23. The molecule has 0 spiro atoms. The standard InChI is InChI=1S/C11H16N2O/c1-8-6-13(7-8)11-5-9(14-2)3-4-10(11)12/h3-5,8H,6-7,12H2,1-2H3. The molecule has 1 fully saturated rings. The van der Waals surface area contributed by atoms with Gasteiger partial charge >= 0.3 is 0 Å². The molecule has 1 aliphatic rings. The second-order valence-corrected chi connectivity index (χ2v) is 3.93. The van der Waals surface area contributed by atoms with E-state index in [1.54, 1.807) is 7.11 Å². The summed E-state index contributed by atoms with van der Waals surface area (Å²) < 4.78 is 5.17. The summed E-state index contributed by atoms with van der Waals surface area (Å²) in [7, 11) is 1.67. The van der Waals surface area contributed by atoms with Crippen molar-refractivity contribution >= 4 is 11.4 Å². The molecule has 2 N–H and O–H groups in total. The zero-order valence-corrected chi connectivity index (χ0v) is 8.66. The third-order valence-corrected chi connectivity index (χ3v) is 2.64. The van der Waals surface area contributed by atoms with Crippen LogP contribution in [0.5, 0.6) is 5.75 Å². The summed E-state index contributed by atoms with van der Waals surface area (Å²) in [5, 5.41) is 0. The van der Waals surface area contributed by atoms with Gasteiger partial charge in [0.25, 0.3) is 0 Å². The number of nitrogens with two attached hydrogens (primary N) is 1. The summed E-state index contributed by atoms with van der Waals surface area (Å²) >= 11 is 0. The van der Waals surface area contributed by atoms with Gasteiger partial charge in [-0.05, 0) is 18.1 Å². The van der Waals surface area contributed by atoms with E-state index in [0.717, 1.165) is 36.1 Å². The predicted molar refractivity (Wildman–Crippen MR) is 58.8 cm³/mol. The number of rotatable bonds is 2. The molecule has 0 aliphatic carbocycles. The van der Waals surface area contributed by atoms with E-state index < -0.39 is 0 Å². The summed E-state index contributed by atoms with van der Waals surface area (Å²) in [5.41, 5.74) is 7.83. The first-order valence-corrected chi connectivity index (χ1v) is 4.89. The first-order chi connectivity index (χ1) is 6.70. The first kappa shape index (κ1) is 9.19. The van der Waals surface area contributed by atoms with Crippen LogP contribution in [0.4, 0.5) is 11.4 Å². The summed E-state index contributed by atoms with van der Waals surface area (Å²) in [6, 6.07) is 5.79. The van der Waals surface area contributed by atoms with Gasteiger partial charge < -0.3 is 15.4 Å². The number of benzene rings is 1. The lowest BCUT2D eigenvalue weighted by Gasteiger charge is -2.39. The van der Waals surface area contributed by atoms with Crippen molar-refractivity contribution in [1.82, 2.24) is 0 Å². The van der Waals surface area contributed by atoms with E-state index in [4.69, 9.17) is 10.5 Å². The van der Waals surface area contributed by atoms with Gasteiger partial charge in [0.05, 0.1) is 18.5 Å². The van der Waals surface area contributed by atoms with Gasteiger partial charge in [0.2, 0.25) is 0 Å². The average Bonchev–Trinajstić information content (AvgIpc) is 2.14. The van der Waals surface area contributed by atoms with E-state index in [-0.39, 0.29) is 0 Å². The highest BCUT2D eigenvalue weighted by Crippen LogP contribution is 2.32. The third-order valence-electron chi connectivity index (χ3n) is 2.64.